The maximum Gasteiger partial charge on any atom is 0.407 e. The lowest BCUT2D eigenvalue weighted by Crippen LogP contribution is -2.44. The largest absolute Gasteiger partial charge is 0.444 e. The number of carbonyl (C=O) groups is 1. The van der Waals surface area contributed by atoms with Gasteiger partial charge >= 0.3 is 6.09 Å². The number of likely N-dealkylation sites (tertiary alicyclic amines) is 1. The number of ether oxygens (including phenoxy) is 2. The standard InChI is InChI=1S/C15H30N4O3/c1-15(2,3)22-14(20)18-12-7-9-19(11-12)13(16-4)17-8-6-10-21-5/h12H,6-11H2,1-5H3,(H,16,17)(H,18,20). The molecule has 1 saturated heterocycles. The van der Waals surface area contributed by atoms with E-state index in [1.807, 2.05) is 20.8 Å². The molecule has 1 rings (SSSR count). The molecule has 1 fully saturated rings. The van der Waals surface area contributed by atoms with E-state index in [2.05, 4.69) is 20.5 Å². The van der Waals surface area contributed by atoms with Gasteiger partial charge in [0, 0.05) is 40.4 Å². The quantitative estimate of drug-likeness (QED) is 0.453. The molecule has 1 unspecified atom stereocenters. The Balaban J connectivity index is 2.36. The van der Waals surface area contributed by atoms with Crippen LogP contribution in [0.4, 0.5) is 4.79 Å². The number of rotatable bonds is 5. The fraction of sp³-hybridized carbons (Fsp3) is 0.867. The maximum atomic E-state index is 11.8. The van der Waals surface area contributed by atoms with Gasteiger partial charge in [0.1, 0.15) is 5.60 Å². The van der Waals surface area contributed by atoms with Crippen LogP contribution >= 0.6 is 0 Å². The third kappa shape index (κ3) is 6.98. The summed E-state index contributed by atoms with van der Waals surface area (Å²) in [5.41, 5.74) is -0.471. The van der Waals surface area contributed by atoms with Gasteiger partial charge in [0.05, 0.1) is 6.04 Å². The van der Waals surface area contributed by atoms with Crippen molar-refractivity contribution in [1.82, 2.24) is 15.5 Å². The first-order chi connectivity index (χ1) is 10.4. The summed E-state index contributed by atoms with van der Waals surface area (Å²) in [6, 6.07) is 0.0902. The zero-order chi connectivity index (χ0) is 16.6. The van der Waals surface area contributed by atoms with E-state index in [0.29, 0.717) is 0 Å². The lowest BCUT2D eigenvalue weighted by atomic mass is 10.2. The Labute approximate surface area is 133 Å². The predicted molar refractivity (Wildman–Crippen MR) is 87.2 cm³/mol. The first-order valence-corrected chi connectivity index (χ1v) is 7.79. The van der Waals surface area contributed by atoms with E-state index < -0.39 is 5.60 Å². The number of guanidine groups is 1. The molecule has 1 atom stereocenters. The molecule has 0 spiro atoms. The fourth-order valence-corrected chi connectivity index (χ4v) is 2.29. The van der Waals surface area contributed by atoms with Crippen molar-refractivity contribution in [2.75, 3.05) is 40.4 Å². The number of hydrogen-bond donors (Lipinski definition) is 2. The molecule has 1 heterocycles. The molecule has 22 heavy (non-hydrogen) atoms. The van der Waals surface area contributed by atoms with E-state index in [4.69, 9.17) is 9.47 Å². The van der Waals surface area contributed by atoms with Gasteiger partial charge in [-0.15, -0.1) is 0 Å². The van der Waals surface area contributed by atoms with Gasteiger partial charge in [-0.05, 0) is 33.6 Å². The summed E-state index contributed by atoms with van der Waals surface area (Å²) in [4.78, 5) is 18.2. The Morgan fingerprint density at radius 2 is 2.14 bits per heavy atom. The molecule has 0 aromatic carbocycles. The summed E-state index contributed by atoms with van der Waals surface area (Å²) in [6.07, 6.45) is 1.46. The highest BCUT2D eigenvalue weighted by Gasteiger charge is 2.27. The van der Waals surface area contributed by atoms with Gasteiger partial charge in [-0.2, -0.15) is 0 Å². The van der Waals surface area contributed by atoms with Gasteiger partial charge in [0.2, 0.25) is 0 Å². The van der Waals surface area contributed by atoms with Crippen molar-refractivity contribution in [3.8, 4) is 0 Å². The highest BCUT2D eigenvalue weighted by molar-refractivity contribution is 5.80. The van der Waals surface area contributed by atoms with Crippen LogP contribution in [0.2, 0.25) is 0 Å². The minimum atomic E-state index is -0.471. The van der Waals surface area contributed by atoms with Gasteiger partial charge in [-0.25, -0.2) is 4.79 Å². The van der Waals surface area contributed by atoms with Gasteiger partial charge in [-0.1, -0.05) is 0 Å². The molecular weight excluding hydrogens is 284 g/mol. The number of alkyl carbamates (subject to hydrolysis) is 1. The second-order valence-electron chi connectivity index (χ2n) is 6.40. The molecule has 0 aliphatic carbocycles. The number of hydrogen-bond acceptors (Lipinski definition) is 4. The molecule has 1 aliphatic heterocycles. The van der Waals surface area contributed by atoms with E-state index in [1.165, 1.54) is 0 Å². The van der Waals surface area contributed by atoms with E-state index in [-0.39, 0.29) is 12.1 Å². The summed E-state index contributed by atoms with van der Waals surface area (Å²) in [5.74, 6) is 0.865. The van der Waals surface area contributed by atoms with E-state index in [9.17, 15) is 4.79 Å². The van der Waals surface area contributed by atoms with Crippen molar-refractivity contribution in [3.63, 3.8) is 0 Å². The Kier molecular flexibility index (Phi) is 7.44. The number of nitrogens with zero attached hydrogens (tertiary/aromatic N) is 2. The molecule has 0 aromatic rings. The molecule has 7 heteroatoms. The number of nitrogens with one attached hydrogen (secondary N) is 2. The lowest BCUT2D eigenvalue weighted by Gasteiger charge is -2.23. The highest BCUT2D eigenvalue weighted by atomic mass is 16.6. The van der Waals surface area contributed by atoms with Gasteiger partial charge < -0.3 is 25.0 Å². The summed E-state index contributed by atoms with van der Waals surface area (Å²) in [7, 11) is 3.47. The first kappa shape index (κ1) is 18.5. The second kappa shape index (κ2) is 8.82. The van der Waals surface area contributed by atoms with Crippen LogP contribution < -0.4 is 10.6 Å². The first-order valence-electron chi connectivity index (χ1n) is 7.79. The molecule has 2 N–H and O–H groups in total. The van der Waals surface area contributed by atoms with Crippen LogP contribution in [0.1, 0.15) is 33.6 Å². The van der Waals surface area contributed by atoms with Gasteiger partial charge in [-0.3, -0.25) is 4.99 Å². The molecule has 1 aliphatic rings. The maximum absolute atomic E-state index is 11.8. The van der Waals surface area contributed by atoms with Crippen LogP contribution in [0.5, 0.6) is 0 Å². The highest BCUT2D eigenvalue weighted by Crippen LogP contribution is 2.11. The summed E-state index contributed by atoms with van der Waals surface area (Å²) in [6.45, 7) is 8.74. The SMILES string of the molecule is CN=C(NCCCOC)N1CCC(NC(=O)OC(C)(C)C)C1. The molecule has 1 amide bonds. The van der Waals surface area contributed by atoms with Crippen LogP contribution in [0.15, 0.2) is 4.99 Å². The Morgan fingerprint density at radius 3 is 2.73 bits per heavy atom. The van der Waals surface area contributed by atoms with Crippen LogP contribution in [-0.2, 0) is 9.47 Å². The molecule has 7 nitrogen and oxygen atoms in total. The average molecular weight is 314 g/mol. The van der Waals surface area contributed by atoms with E-state index in [0.717, 1.165) is 45.0 Å². The molecule has 0 radical (unpaired) electrons. The van der Waals surface area contributed by atoms with E-state index in [1.54, 1.807) is 14.2 Å². The average Bonchev–Trinajstić information content (AvgIpc) is 2.85. The molecule has 0 saturated carbocycles. The number of carbonyl (C=O) groups excluding carboxylic acids is 1. The Bertz CT molecular complexity index is 379. The third-order valence-electron chi connectivity index (χ3n) is 3.23. The summed E-state index contributed by atoms with van der Waals surface area (Å²) >= 11 is 0. The molecule has 128 valence electrons. The van der Waals surface area contributed by atoms with Crippen LogP contribution in [0.3, 0.4) is 0 Å². The zero-order valence-electron chi connectivity index (χ0n) is 14.4. The van der Waals surface area contributed by atoms with Gasteiger partial charge in [0.25, 0.3) is 0 Å². The predicted octanol–water partition coefficient (Wildman–Crippen LogP) is 1.20. The fourth-order valence-electron chi connectivity index (χ4n) is 2.29. The minimum absolute atomic E-state index is 0.0902. The van der Waals surface area contributed by atoms with Gasteiger partial charge in [0.15, 0.2) is 5.96 Å². The number of amides is 1. The van der Waals surface area contributed by atoms with Crippen LogP contribution in [0.25, 0.3) is 0 Å². The van der Waals surface area contributed by atoms with Crippen molar-refractivity contribution in [1.29, 1.82) is 0 Å². The van der Waals surface area contributed by atoms with Crippen molar-refractivity contribution >= 4 is 12.1 Å². The molecule has 0 bridgehead atoms. The Hall–Kier alpha value is -1.50. The van der Waals surface area contributed by atoms with Crippen molar-refractivity contribution in [2.45, 2.75) is 45.3 Å². The van der Waals surface area contributed by atoms with Crippen LogP contribution in [0, 0.1) is 0 Å². The molecule has 0 aromatic heterocycles. The number of methoxy groups -OCH3 is 1. The van der Waals surface area contributed by atoms with Crippen LogP contribution in [-0.4, -0.2) is 69.0 Å². The van der Waals surface area contributed by atoms with E-state index >= 15 is 0 Å². The van der Waals surface area contributed by atoms with Crippen molar-refractivity contribution in [2.24, 2.45) is 4.99 Å². The monoisotopic (exact) mass is 314 g/mol. The second-order valence-corrected chi connectivity index (χ2v) is 6.40. The minimum Gasteiger partial charge on any atom is -0.444 e. The summed E-state index contributed by atoms with van der Waals surface area (Å²) < 4.78 is 10.3. The Morgan fingerprint density at radius 1 is 1.41 bits per heavy atom. The zero-order valence-corrected chi connectivity index (χ0v) is 14.4. The number of aliphatic imine (C=N–C) groups is 1. The van der Waals surface area contributed by atoms with Crippen molar-refractivity contribution < 1.29 is 14.3 Å². The topological polar surface area (TPSA) is 75.2 Å². The smallest absolute Gasteiger partial charge is 0.407 e. The summed E-state index contributed by atoms with van der Waals surface area (Å²) in [5, 5.41) is 6.23. The third-order valence-corrected chi connectivity index (χ3v) is 3.23. The lowest BCUT2D eigenvalue weighted by molar-refractivity contribution is 0.0507. The normalized spacial score (nSPS) is 19.2. The van der Waals surface area contributed by atoms with Crippen molar-refractivity contribution in [3.05, 3.63) is 0 Å². The molecular formula is C15H30N4O3.